The lowest BCUT2D eigenvalue weighted by atomic mass is 9.56. The fraction of sp³-hybridized carbons (Fsp3) is 0.286. The first-order valence-electron chi connectivity index (χ1n) is 14.5. The molecule has 41 heavy (non-hydrogen) atoms. The van der Waals surface area contributed by atoms with Gasteiger partial charge in [-0.3, -0.25) is 14.6 Å². The maximum absolute atomic E-state index is 15.5. The summed E-state index contributed by atoms with van der Waals surface area (Å²) in [5.41, 5.74) is 1.22. The molecule has 6 atom stereocenters. The second-order valence-electron chi connectivity index (χ2n) is 12.3. The highest BCUT2D eigenvalue weighted by Crippen LogP contribution is 2.78. The average molecular weight is 580 g/mol. The van der Waals surface area contributed by atoms with Gasteiger partial charge in [-0.05, 0) is 65.1 Å². The summed E-state index contributed by atoms with van der Waals surface area (Å²) in [6.07, 6.45) is 3.93. The highest BCUT2D eigenvalue weighted by molar-refractivity contribution is 6.32. The summed E-state index contributed by atoms with van der Waals surface area (Å²) >= 11 is 13.6. The molecular weight excluding hydrogens is 551 g/mol. The van der Waals surface area contributed by atoms with Crippen molar-refractivity contribution in [2.45, 2.75) is 36.1 Å². The zero-order valence-corrected chi connectivity index (χ0v) is 23.9. The van der Waals surface area contributed by atoms with Crippen molar-refractivity contribution in [3.8, 4) is 0 Å². The van der Waals surface area contributed by atoms with E-state index in [9.17, 15) is 5.11 Å². The third kappa shape index (κ3) is 2.60. The molecule has 4 aromatic rings. The Morgan fingerprint density at radius 1 is 0.878 bits per heavy atom. The number of hydrogen-bond acceptors (Lipinski definition) is 4. The number of ketones is 1. The maximum atomic E-state index is 15.5. The van der Waals surface area contributed by atoms with Crippen molar-refractivity contribution in [2.75, 3.05) is 19.6 Å². The standard InChI is InChI=1S/C35H28Cl2N2O2/c36-27-14-3-1-8-22(27)18-23-19-38-20-33(32(23)40)31(24-11-2-4-15-28(24)37)29-16-7-17-39(29)34(33)25-12-5-9-21-10-6-13-26(30(21)25)35(34,38)41/h1-6,8-15,18,29,31,41H,7,16-17,19-20H2/b23-18+/t29-,31-,33+,34-,35-/m0/s1. The van der Waals surface area contributed by atoms with Gasteiger partial charge in [0.2, 0.25) is 0 Å². The fourth-order valence-electron chi connectivity index (χ4n) is 9.82. The second kappa shape index (κ2) is 8.09. The van der Waals surface area contributed by atoms with Gasteiger partial charge in [-0.2, -0.15) is 0 Å². The van der Waals surface area contributed by atoms with Crippen molar-refractivity contribution >= 4 is 45.8 Å². The van der Waals surface area contributed by atoms with Crippen LogP contribution in [0.5, 0.6) is 0 Å². The molecular formula is C35H28Cl2N2O2. The van der Waals surface area contributed by atoms with Crippen molar-refractivity contribution in [2.24, 2.45) is 5.41 Å². The Morgan fingerprint density at radius 3 is 2.39 bits per heavy atom. The molecule has 4 saturated heterocycles. The molecule has 9 rings (SSSR count). The van der Waals surface area contributed by atoms with Crippen molar-refractivity contribution < 1.29 is 9.90 Å². The lowest BCUT2D eigenvalue weighted by Crippen LogP contribution is -2.61. The summed E-state index contributed by atoms with van der Waals surface area (Å²) in [5.74, 6) is -0.0732. The third-order valence-electron chi connectivity index (χ3n) is 10.9. The molecule has 2 bridgehead atoms. The maximum Gasteiger partial charge on any atom is 0.170 e. The highest BCUT2D eigenvalue weighted by Gasteiger charge is 2.87. The number of rotatable bonds is 2. The van der Waals surface area contributed by atoms with Crippen LogP contribution in [-0.4, -0.2) is 46.4 Å². The largest absolute Gasteiger partial charge is 0.369 e. The average Bonchev–Trinajstić information content (AvgIpc) is 3.65. The van der Waals surface area contributed by atoms with Gasteiger partial charge in [0.15, 0.2) is 11.5 Å². The normalized spacial score (nSPS) is 35.7. The Labute approximate surface area is 248 Å². The molecule has 1 aliphatic carbocycles. The molecule has 5 aliphatic rings. The Balaban J connectivity index is 1.41. The molecule has 1 unspecified atom stereocenters. The first-order valence-corrected chi connectivity index (χ1v) is 15.2. The van der Waals surface area contributed by atoms with Gasteiger partial charge in [0.25, 0.3) is 0 Å². The molecule has 4 fully saturated rings. The molecule has 4 aromatic carbocycles. The number of carbonyl (C=O) groups is 1. The quantitative estimate of drug-likeness (QED) is 0.268. The van der Waals surface area contributed by atoms with Gasteiger partial charge in [-0.25, -0.2) is 0 Å². The Hall–Kier alpha value is -2.99. The van der Waals surface area contributed by atoms with Gasteiger partial charge < -0.3 is 5.11 Å². The zero-order chi connectivity index (χ0) is 27.7. The van der Waals surface area contributed by atoms with Crippen molar-refractivity contribution in [3.05, 3.63) is 123 Å². The second-order valence-corrected chi connectivity index (χ2v) is 13.2. The van der Waals surface area contributed by atoms with E-state index < -0.39 is 16.7 Å². The topological polar surface area (TPSA) is 43.8 Å². The molecule has 4 aliphatic heterocycles. The van der Waals surface area contributed by atoms with E-state index in [0.29, 0.717) is 28.7 Å². The summed E-state index contributed by atoms with van der Waals surface area (Å²) in [7, 11) is 0. The first kappa shape index (κ1) is 24.6. The molecule has 0 saturated carbocycles. The smallest absolute Gasteiger partial charge is 0.170 e. The Morgan fingerprint density at radius 2 is 1.61 bits per heavy atom. The van der Waals surface area contributed by atoms with Gasteiger partial charge in [0.05, 0.1) is 5.41 Å². The van der Waals surface area contributed by atoms with Crippen LogP contribution in [0.2, 0.25) is 10.0 Å². The summed E-state index contributed by atoms with van der Waals surface area (Å²) in [5, 5.41) is 17.0. The summed E-state index contributed by atoms with van der Waals surface area (Å²) in [6, 6.07) is 28.4. The number of piperidine rings is 1. The Bertz CT molecular complexity index is 1850. The van der Waals surface area contributed by atoms with E-state index in [1.807, 2.05) is 54.6 Å². The summed E-state index contributed by atoms with van der Waals surface area (Å²) in [6.45, 7) is 1.64. The Kier molecular flexibility index (Phi) is 4.85. The van der Waals surface area contributed by atoms with Crippen LogP contribution < -0.4 is 0 Å². The van der Waals surface area contributed by atoms with Crippen LogP contribution in [0.3, 0.4) is 0 Å². The van der Waals surface area contributed by atoms with Crippen LogP contribution in [0.15, 0.2) is 90.5 Å². The number of nitrogens with zero attached hydrogens (tertiary/aromatic N) is 2. The van der Waals surface area contributed by atoms with E-state index >= 15 is 4.79 Å². The van der Waals surface area contributed by atoms with Crippen LogP contribution in [0, 0.1) is 5.41 Å². The minimum absolute atomic E-state index is 0.0803. The van der Waals surface area contributed by atoms with E-state index in [4.69, 9.17) is 23.2 Å². The SMILES string of the molecule is O=C1/C(=C/c2ccccc2Cl)CN2C[C@@]13[C@@H](c1ccccc1Cl)[C@@H]1CCCN1[C@@]31c3cccc4cccc(c34)[C@@]21O. The van der Waals surface area contributed by atoms with E-state index in [-0.39, 0.29) is 17.7 Å². The number of fused-ring (bicyclic) bond motifs is 4. The predicted octanol–water partition coefficient (Wildman–Crippen LogP) is 6.73. The minimum atomic E-state index is -1.37. The highest BCUT2D eigenvalue weighted by atomic mass is 35.5. The monoisotopic (exact) mass is 578 g/mol. The number of halogens is 2. The number of aliphatic hydroxyl groups is 1. The van der Waals surface area contributed by atoms with Gasteiger partial charge in [-0.15, -0.1) is 0 Å². The van der Waals surface area contributed by atoms with Crippen LogP contribution in [0.1, 0.15) is 41.0 Å². The van der Waals surface area contributed by atoms with Gasteiger partial charge in [0, 0.05) is 46.2 Å². The molecule has 0 aromatic heterocycles. The zero-order valence-electron chi connectivity index (χ0n) is 22.4. The molecule has 6 heteroatoms. The van der Waals surface area contributed by atoms with Crippen molar-refractivity contribution in [3.63, 3.8) is 0 Å². The lowest BCUT2D eigenvalue weighted by molar-refractivity contribution is -0.173. The summed E-state index contributed by atoms with van der Waals surface area (Å²) < 4.78 is 0. The minimum Gasteiger partial charge on any atom is -0.369 e. The summed E-state index contributed by atoms with van der Waals surface area (Å²) in [4.78, 5) is 20.2. The lowest BCUT2D eigenvalue weighted by Gasteiger charge is -2.48. The van der Waals surface area contributed by atoms with E-state index in [2.05, 4.69) is 46.2 Å². The number of Topliss-reactive ketones (excluding diaryl/α,β-unsaturated/α-hetero) is 1. The third-order valence-corrected chi connectivity index (χ3v) is 11.6. The fourth-order valence-corrected chi connectivity index (χ4v) is 10.3. The van der Waals surface area contributed by atoms with Crippen molar-refractivity contribution in [1.29, 1.82) is 0 Å². The van der Waals surface area contributed by atoms with Crippen LogP contribution in [0.4, 0.5) is 0 Å². The molecule has 0 amide bonds. The number of carbonyl (C=O) groups excluding carboxylic acids is 1. The number of benzene rings is 4. The number of hydrogen-bond donors (Lipinski definition) is 1. The van der Waals surface area contributed by atoms with Gasteiger partial charge in [0.1, 0.15) is 5.54 Å². The predicted molar refractivity (Wildman–Crippen MR) is 162 cm³/mol. The molecule has 0 radical (unpaired) electrons. The van der Waals surface area contributed by atoms with E-state index in [0.717, 1.165) is 52.4 Å². The van der Waals surface area contributed by atoms with Gasteiger partial charge >= 0.3 is 0 Å². The van der Waals surface area contributed by atoms with Crippen molar-refractivity contribution in [1.82, 2.24) is 9.80 Å². The van der Waals surface area contributed by atoms with Crippen LogP contribution in [0.25, 0.3) is 16.8 Å². The van der Waals surface area contributed by atoms with Crippen LogP contribution in [-0.2, 0) is 16.1 Å². The molecule has 4 heterocycles. The molecule has 204 valence electrons. The van der Waals surface area contributed by atoms with Crippen LogP contribution >= 0.6 is 23.2 Å². The van der Waals surface area contributed by atoms with E-state index in [1.54, 1.807) is 0 Å². The molecule has 4 nitrogen and oxygen atoms in total. The van der Waals surface area contributed by atoms with E-state index in [1.165, 1.54) is 0 Å². The molecule has 2 spiro atoms. The molecule has 1 N–H and O–H groups in total. The first-order chi connectivity index (χ1) is 19.9. The van der Waals surface area contributed by atoms with Gasteiger partial charge in [-0.1, -0.05) is 96.0 Å².